The second-order valence-electron chi connectivity index (χ2n) is 7.65. The quantitative estimate of drug-likeness (QED) is 0.534. The first-order valence-electron chi connectivity index (χ1n) is 12.4. The lowest BCUT2D eigenvalue weighted by Crippen LogP contribution is -2.39. The number of nitrogens with one attached hydrogen (secondary N) is 1. The molecule has 1 fully saturated rings. The molecule has 1 aromatic rings. The maximum Gasteiger partial charge on any atom is 0.135 e. The fourth-order valence-corrected chi connectivity index (χ4v) is 4.16. The summed E-state index contributed by atoms with van der Waals surface area (Å²) < 4.78 is 20.4. The van der Waals surface area contributed by atoms with Crippen molar-refractivity contribution in [3.63, 3.8) is 0 Å². The molecular formula is C29H39FN2O2. The van der Waals surface area contributed by atoms with Crippen LogP contribution >= 0.6 is 0 Å². The Morgan fingerprint density at radius 2 is 2.00 bits per heavy atom. The van der Waals surface area contributed by atoms with E-state index in [1.54, 1.807) is 13.2 Å². The second kappa shape index (κ2) is 14.6. The van der Waals surface area contributed by atoms with E-state index in [4.69, 9.17) is 16.0 Å². The zero-order chi connectivity index (χ0) is 24.9. The number of terminal acetylenes is 1. The molecule has 4 nitrogen and oxygen atoms in total. The van der Waals surface area contributed by atoms with Gasteiger partial charge in [-0.1, -0.05) is 64.0 Å². The first-order valence-corrected chi connectivity index (χ1v) is 12.4. The van der Waals surface area contributed by atoms with Crippen molar-refractivity contribution in [3.8, 4) is 12.3 Å². The summed E-state index contributed by atoms with van der Waals surface area (Å²) in [5, 5.41) is 5.22. The van der Waals surface area contributed by atoms with Crippen molar-refractivity contribution in [1.82, 2.24) is 10.4 Å². The predicted molar refractivity (Wildman–Crippen MR) is 140 cm³/mol. The maximum absolute atomic E-state index is 14.5. The van der Waals surface area contributed by atoms with E-state index in [9.17, 15) is 4.39 Å². The molecule has 1 N–H and O–H groups in total. The van der Waals surface area contributed by atoms with Crippen LogP contribution in [0.2, 0.25) is 0 Å². The molecule has 184 valence electrons. The zero-order valence-electron chi connectivity index (χ0n) is 21.3. The van der Waals surface area contributed by atoms with E-state index in [1.165, 1.54) is 5.56 Å². The monoisotopic (exact) mass is 466 g/mol. The van der Waals surface area contributed by atoms with Gasteiger partial charge in [0.05, 0.1) is 32.1 Å². The van der Waals surface area contributed by atoms with Crippen molar-refractivity contribution in [2.45, 2.75) is 53.1 Å². The summed E-state index contributed by atoms with van der Waals surface area (Å²) in [6.45, 7) is 11.1. The number of morpholine rings is 1. The van der Waals surface area contributed by atoms with Crippen LogP contribution in [0.3, 0.4) is 0 Å². The van der Waals surface area contributed by atoms with Crippen molar-refractivity contribution < 1.29 is 14.0 Å². The van der Waals surface area contributed by atoms with Crippen molar-refractivity contribution in [2.24, 2.45) is 0 Å². The lowest BCUT2D eigenvalue weighted by Gasteiger charge is -2.29. The molecule has 1 saturated heterocycles. The first kappa shape index (κ1) is 27.6. The molecule has 1 aliphatic carbocycles. The summed E-state index contributed by atoms with van der Waals surface area (Å²) in [6, 6.07) is 6.41. The van der Waals surface area contributed by atoms with Crippen LogP contribution in [-0.4, -0.2) is 44.5 Å². The number of allylic oxidation sites excluding steroid dienone is 6. The van der Waals surface area contributed by atoms with Crippen LogP contribution in [0.5, 0.6) is 0 Å². The van der Waals surface area contributed by atoms with Crippen molar-refractivity contribution in [1.29, 1.82) is 0 Å². The van der Waals surface area contributed by atoms with E-state index in [0.717, 1.165) is 48.5 Å². The average Bonchev–Trinajstić information content (AvgIpc) is 2.91. The van der Waals surface area contributed by atoms with Crippen LogP contribution in [0.25, 0.3) is 11.3 Å². The lowest BCUT2D eigenvalue weighted by molar-refractivity contribution is -0.0671. The maximum atomic E-state index is 14.5. The van der Waals surface area contributed by atoms with Crippen LogP contribution in [0.4, 0.5) is 4.39 Å². The highest BCUT2D eigenvalue weighted by atomic mass is 19.1. The number of rotatable bonds is 5. The number of benzene rings is 1. The normalized spacial score (nSPS) is 19.7. The topological polar surface area (TPSA) is 33.7 Å². The molecule has 2 heterocycles. The van der Waals surface area contributed by atoms with Gasteiger partial charge < -0.3 is 10.1 Å². The van der Waals surface area contributed by atoms with Gasteiger partial charge in [-0.2, -0.15) is 0 Å². The highest BCUT2D eigenvalue weighted by Gasteiger charge is 2.22. The number of hydrogen-bond acceptors (Lipinski definition) is 4. The van der Waals surface area contributed by atoms with Crippen LogP contribution in [0.1, 0.15) is 57.2 Å². The molecule has 2 aliphatic heterocycles. The van der Waals surface area contributed by atoms with Crippen molar-refractivity contribution >= 4 is 11.3 Å². The molecular weight excluding hydrogens is 427 g/mol. The van der Waals surface area contributed by atoms with Gasteiger partial charge in [0.25, 0.3) is 0 Å². The van der Waals surface area contributed by atoms with Gasteiger partial charge in [-0.05, 0) is 48.1 Å². The fourth-order valence-electron chi connectivity index (χ4n) is 4.16. The number of hydrogen-bond donors (Lipinski definition) is 1. The molecule has 5 heteroatoms. The Balaban J connectivity index is 0.000000970. The average molecular weight is 467 g/mol. The van der Waals surface area contributed by atoms with Crippen molar-refractivity contribution in [2.75, 3.05) is 33.4 Å². The smallest absolute Gasteiger partial charge is 0.135 e. The Kier molecular flexibility index (Phi) is 11.8. The summed E-state index contributed by atoms with van der Waals surface area (Å²) >= 11 is 0. The Morgan fingerprint density at radius 3 is 2.65 bits per heavy atom. The van der Waals surface area contributed by atoms with Crippen LogP contribution < -0.4 is 5.32 Å². The van der Waals surface area contributed by atoms with Gasteiger partial charge in [0.2, 0.25) is 0 Å². The standard InChI is InChI=1S/C25H27FN2O2.2C2H6/c1-3-19-8-9-20(16-24(19)26)23-15-18(14-21-17-27-11-13-30-21)7-10-22(23)25-6-4-5-12-28(25)29-2;2*1-2/h1,4-7,10,15-16,21,27H,8-9,11-14,17H2,2H3;2*1-2H3. The molecule has 34 heavy (non-hydrogen) atoms. The molecule has 0 spiro atoms. The summed E-state index contributed by atoms with van der Waals surface area (Å²) in [6.07, 6.45) is 15.4. The number of halogens is 1. The summed E-state index contributed by atoms with van der Waals surface area (Å²) in [5.74, 6) is 2.16. The van der Waals surface area contributed by atoms with Crippen LogP contribution in [0, 0.1) is 12.3 Å². The van der Waals surface area contributed by atoms with Crippen molar-refractivity contribution in [3.05, 3.63) is 70.6 Å². The Bertz CT molecular complexity index is 963. The highest BCUT2D eigenvalue weighted by Crippen LogP contribution is 2.37. The minimum atomic E-state index is -0.309. The van der Waals surface area contributed by atoms with E-state index in [-0.39, 0.29) is 11.9 Å². The number of hydroxylamine groups is 2. The molecule has 0 aromatic heterocycles. The Hall–Kier alpha value is -2.65. The van der Waals surface area contributed by atoms with Gasteiger partial charge in [0.15, 0.2) is 0 Å². The summed E-state index contributed by atoms with van der Waals surface area (Å²) in [4.78, 5) is 5.56. The fraction of sp³-hybridized carbons (Fsp3) is 0.448. The van der Waals surface area contributed by atoms with Gasteiger partial charge in [-0.25, -0.2) is 4.39 Å². The minimum absolute atomic E-state index is 0.148. The van der Waals surface area contributed by atoms with E-state index < -0.39 is 0 Å². The molecule has 1 atom stereocenters. The van der Waals surface area contributed by atoms with E-state index in [0.29, 0.717) is 25.0 Å². The molecule has 0 amide bonds. The Labute approximate surface area is 205 Å². The van der Waals surface area contributed by atoms with E-state index in [1.807, 2.05) is 51.0 Å². The second-order valence-corrected chi connectivity index (χ2v) is 7.65. The predicted octanol–water partition coefficient (Wildman–Crippen LogP) is 6.08. The lowest BCUT2D eigenvalue weighted by atomic mass is 9.87. The molecule has 0 radical (unpaired) electrons. The first-order chi connectivity index (χ1) is 16.7. The summed E-state index contributed by atoms with van der Waals surface area (Å²) in [5.41, 5.74) is 5.58. The molecule has 3 aliphatic rings. The van der Waals surface area contributed by atoms with Crippen LogP contribution in [-0.2, 0) is 16.0 Å². The van der Waals surface area contributed by atoms with Gasteiger partial charge in [0.1, 0.15) is 5.83 Å². The molecule has 0 bridgehead atoms. The minimum Gasteiger partial charge on any atom is -0.375 e. The van der Waals surface area contributed by atoms with Gasteiger partial charge in [-0.15, -0.1) is 6.42 Å². The van der Waals surface area contributed by atoms with E-state index in [2.05, 4.69) is 29.4 Å². The highest BCUT2D eigenvalue weighted by molar-refractivity contribution is 5.82. The molecule has 1 aromatic carbocycles. The third-order valence-corrected chi connectivity index (χ3v) is 5.73. The molecule has 4 rings (SSSR count). The number of nitrogens with zero attached hydrogens (tertiary/aromatic N) is 1. The zero-order valence-corrected chi connectivity index (χ0v) is 21.3. The van der Waals surface area contributed by atoms with E-state index >= 15 is 0 Å². The Morgan fingerprint density at radius 1 is 1.21 bits per heavy atom. The third-order valence-electron chi connectivity index (χ3n) is 5.73. The molecule has 0 saturated carbocycles. The third kappa shape index (κ3) is 6.93. The van der Waals surface area contributed by atoms with Gasteiger partial charge in [0, 0.05) is 24.2 Å². The SMILES string of the molecule is C#CC1=C(F)C=C(c2cc(CC3CNCCO3)ccc2C2=CC=CCN2OC)CC1.CC.CC. The molecule has 1 unspecified atom stereocenters. The largest absolute Gasteiger partial charge is 0.375 e. The number of ether oxygens (including phenoxy) is 1. The van der Waals surface area contributed by atoms with Gasteiger partial charge in [-0.3, -0.25) is 9.90 Å². The summed E-state index contributed by atoms with van der Waals surface area (Å²) in [7, 11) is 1.66. The van der Waals surface area contributed by atoms with Crippen LogP contribution in [0.15, 0.2) is 53.9 Å². The van der Waals surface area contributed by atoms with Gasteiger partial charge >= 0.3 is 0 Å².